The Labute approximate surface area is 118 Å². The van der Waals surface area contributed by atoms with Crippen LogP contribution in [0.2, 0.25) is 0 Å². The zero-order chi connectivity index (χ0) is 15.1. The molecular formula is C13H29NO4S. The van der Waals surface area contributed by atoms with Crippen molar-refractivity contribution in [2.45, 2.75) is 66.0 Å². The molecule has 0 aromatic heterocycles. The first-order valence-corrected chi connectivity index (χ1v) is 8.53. The number of hydrogen-bond donors (Lipinski definition) is 0. The zero-order valence-corrected chi connectivity index (χ0v) is 13.7. The Kier molecular flexibility index (Phi) is 8.12. The van der Waals surface area contributed by atoms with Crippen LogP contribution in [0, 0.1) is 0 Å². The van der Waals surface area contributed by atoms with E-state index in [4.69, 9.17) is 0 Å². The van der Waals surface area contributed by atoms with Gasteiger partial charge in [0, 0.05) is 0 Å². The van der Waals surface area contributed by atoms with Gasteiger partial charge in [0.2, 0.25) is 10.4 Å². The Bertz CT molecular complexity index is 327. The predicted octanol–water partition coefficient (Wildman–Crippen LogP) is 2.29. The molecule has 1 aliphatic rings. The summed E-state index contributed by atoms with van der Waals surface area (Å²) in [4.78, 5) is 0. The van der Waals surface area contributed by atoms with Gasteiger partial charge in [-0.25, -0.2) is 8.42 Å². The van der Waals surface area contributed by atoms with E-state index in [2.05, 4.69) is 31.9 Å². The van der Waals surface area contributed by atoms with Gasteiger partial charge in [0.15, 0.2) is 0 Å². The van der Waals surface area contributed by atoms with E-state index in [0.717, 1.165) is 12.1 Å². The van der Waals surface area contributed by atoms with Gasteiger partial charge in [0.05, 0.1) is 31.8 Å². The molecule has 0 aromatic carbocycles. The summed E-state index contributed by atoms with van der Waals surface area (Å²) in [5, 5.41) is 0. The van der Waals surface area contributed by atoms with Gasteiger partial charge in [-0.1, -0.05) is 0 Å². The van der Waals surface area contributed by atoms with Crippen molar-refractivity contribution in [1.82, 2.24) is 0 Å². The highest BCUT2D eigenvalue weighted by Crippen LogP contribution is 2.30. The first kappa shape index (κ1) is 18.8. The molecule has 5 nitrogen and oxygen atoms in total. The maximum atomic E-state index is 9.45. The Balaban J connectivity index is 0.000000399. The van der Waals surface area contributed by atoms with Crippen molar-refractivity contribution in [1.29, 1.82) is 0 Å². The maximum absolute atomic E-state index is 9.45. The lowest BCUT2D eigenvalue weighted by Crippen LogP contribution is -2.61. The van der Waals surface area contributed by atoms with E-state index in [-0.39, 0.29) is 6.61 Å². The van der Waals surface area contributed by atoms with E-state index in [1.165, 1.54) is 43.8 Å². The van der Waals surface area contributed by atoms with Crippen LogP contribution in [0.5, 0.6) is 0 Å². The fourth-order valence-corrected chi connectivity index (χ4v) is 3.56. The first-order chi connectivity index (χ1) is 8.73. The lowest BCUT2D eigenvalue weighted by Gasteiger charge is -2.50. The molecular weight excluding hydrogens is 266 g/mol. The van der Waals surface area contributed by atoms with Crippen molar-refractivity contribution in [2.75, 3.05) is 19.7 Å². The van der Waals surface area contributed by atoms with E-state index >= 15 is 0 Å². The zero-order valence-electron chi connectivity index (χ0n) is 12.9. The van der Waals surface area contributed by atoms with Gasteiger partial charge >= 0.3 is 0 Å². The van der Waals surface area contributed by atoms with Crippen LogP contribution in [0.1, 0.15) is 53.9 Å². The van der Waals surface area contributed by atoms with Crippen molar-refractivity contribution in [3.63, 3.8) is 0 Å². The summed E-state index contributed by atoms with van der Waals surface area (Å²) in [6, 6.07) is 1.78. The van der Waals surface area contributed by atoms with E-state index < -0.39 is 10.4 Å². The normalized spacial score (nSPS) is 26.4. The van der Waals surface area contributed by atoms with Crippen LogP contribution < -0.4 is 0 Å². The number of piperidine rings is 1. The minimum absolute atomic E-state index is 0.0914. The lowest BCUT2D eigenvalue weighted by molar-refractivity contribution is -0.972. The lowest BCUT2D eigenvalue weighted by atomic mass is 9.93. The number of nitrogens with zero attached hydrogens (tertiary/aromatic N) is 1. The van der Waals surface area contributed by atoms with Gasteiger partial charge in [-0.05, 0) is 53.9 Å². The molecule has 0 aromatic rings. The molecule has 0 radical (unpaired) electrons. The quantitative estimate of drug-likeness (QED) is 0.453. The van der Waals surface area contributed by atoms with Gasteiger partial charge in [-0.15, -0.1) is 0 Å². The molecule has 116 valence electrons. The van der Waals surface area contributed by atoms with Gasteiger partial charge in [-0.2, -0.15) is 0 Å². The van der Waals surface area contributed by atoms with Crippen molar-refractivity contribution >= 4 is 10.4 Å². The average Bonchev–Trinajstić information content (AvgIpc) is 2.30. The molecule has 0 saturated carbocycles. The molecule has 1 saturated heterocycles. The molecule has 19 heavy (non-hydrogen) atoms. The second kappa shape index (κ2) is 8.19. The third kappa shape index (κ3) is 5.77. The molecule has 1 rings (SSSR count). The SMILES string of the molecule is CCOS(=O)(=O)[O-].CC[N+]1(CC)C(C)CCCC1C. The highest BCUT2D eigenvalue weighted by Gasteiger charge is 2.38. The third-order valence-corrected chi connectivity index (χ3v) is 4.96. The number of likely N-dealkylation sites (tertiary alicyclic amines) is 1. The molecule has 0 N–H and O–H groups in total. The summed E-state index contributed by atoms with van der Waals surface area (Å²) in [7, 11) is -4.42. The number of hydrogen-bond acceptors (Lipinski definition) is 4. The molecule has 0 spiro atoms. The summed E-state index contributed by atoms with van der Waals surface area (Å²) in [5.41, 5.74) is 0. The fourth-order valence-electron chi connectivity index (χ4n) is 3.27. The van der Waals surface area contributed by atoms with E-state index in [9.17, 15) is 13.0 Å². The molecule has 2 unspecified atom stereocenters. The fraction of sp³-hybridized carbons (Fsp3) is 1.00. The molecule has 0 aliphatic carbocycles. The maximum Gasteiger partial charge on any atom is 0.217 e. The Morgan fingerprint density at radius 2 is 1.53 bits per heavy atom. The van der Waals surface area contributed by atoms with Crippen LogP contribution >= 0.6 is 0 Å². The van der Waals surface area contributed by atoms with Crippen molar-refractivity contribution in [2.24, 2.45) is 0 Å². The largest absolute Gasteiger partial charge is 0.726 e. The standard InChI is InChI=1S/C11H24N.C2H6O4S/c1-5-12(6-2)10(3)8-7-9-11(12)4;1-2-6-7(3,4)5/h10-11H,5-9H2,1-4H3;2H2,1H3,(H,3,4,5)/q+1;/p-1. The second-order valence-electron chi connectivity index (χ2n) is 5.18. The van der Waals surface area contributed by atoms with Crippen LogP contribution in [-0.4, -0.2) is 49.2 Å². The van der Waals surface area contributed by atoms with Crippen LogP contribution in [0.3, 0.4) is 0 Å². The minimum atomic E-state index is -4.42. The molecule has 1 aliphatic heterocycles. The van der Waals surface area contributed by atoms with Gasteiger partial charge < -0.3 is 9.04 Å². The Hall–Kier alpha value is -0.170. The van der Waals surface area contributed by atoms with Gasteiger partial charge in [-0.3, -0.25) is 4.18 Å². The predicted molar refractivity (Wildman–Crippen MR) is 75.4 cm³/mol. The smallest absolute Gasteiger partial charge is 0.217 e. The minimum Gasteiger partial charge on any atom is -0.726 e. The second-order valence-corrected chi connectivity index (χ2v) is 6.23. The highest BCUT2D eigenvalue weighted by atomic mass is 32.3. The van der Waals surface area contributed by atoms with Crippen LogP contribution in [0.15, 0.2) is 0 Å². The van der Waals surface area contributed by atoms with Crippen LogP contribution in [-0.2, 0) is 14.6 Å². The van der Waals surface area contributed by atoms with Crippen LogP contribution in [0.25, 0.3) is 0 Å². The third-order valence-electron chi connectivity index (χ3n) is 4.44. The summed E-state index contributed by atoms with van der Waals surface area (Å²) in [5.74, 6) is 0. The van der Waals surface area contributed by atoms with E-state index in [0.29, 0.717) is 0 Å². The van der Waals surface area contributed by atoms with Crippen molar-refractivity contribution < 1.29 is 21.6 Å². The topological polar surface area (TPSA) is 66.4 Å². The summed E-state index contributed by atoms with van der Waals surface area (Å²) in [6.45, 7) is 13.5. The van der Waals surface area contributed by atoms with Gasteiger partial charge in [0.1, 0.15) is 0 Å². The molecule has 0 bridgehead atoms. The van der Waals surface area contributed by atoms with Crippen molar-refractivity contribution in [3.05, 3.63) is 0 Å². The average molecular weight is 295 g/mol. The summed E-state index contributed by atoms with van der Waals surface area (Å²) < 4.78 is 33.4. The molecule has 1 fully saturated rings. The summed E-state index contributed by atoms with van der Waals surface area (Å²) >= 11 is 0. The number of rotatable bonds is 4. The Morgan fingerprint density at radius 3 is 1.68 bits per heavy atom. The number of quaternary nitrogens is 1. The molecule has 2 atom stereocenters. The molecule has 0 amide bonds. The van der Waals surface area contributed by atoms with Crippen molar-refractivity contribution in [3.8, 4) is 0 Å². The molecule has 1 heterocycles. The highest BCUT2D eigenvalue weighted by molar-refractivity contribution is 7.80. The van der Waals surface area contributed by atoms with E-state index in [1.807, 2.05) is 0 Å². The monoisotopic (exact) mass is 295 g/mol. The van der Waals surface area contributed by atoms with Gasteiger partial charge in [0.25, 0.3) is 0 Å². The summed E-state index contributed by atoms with van der Waals surface area (Å²) in [6.07, 6.45) is 4.32. The van der Waals surface area contributed by atoms with Crippen LogP contribution in [0.4, 0.5) is 0 Å². The van der Waals surface area contributed by atoms with E-state index in [1.54, 1.807) is 0 Å². The first-order valence-electron chi connectivity index (χ1n) is 7.20. The molecule has 6 heteroatoms. The Morgan fingerprint density at radius 1 is 1.11 bits per heavy atom.